The highest BCUT2D eigenvalue weighted by Gasteiger charge is 2.21. The fourth-order valence-electron chi connectivity index (χ4n) is 1.44. The van der Waals surface area contributed by atoms with Crippen molar-refractivity contribution in [2.45, 2.75) is 38.5 Å². The van der Waals surface area contributed by atoms with Gasteiger partial charge in [0.25, 0.3) is 0 Å². The van der Waals surface area contributed by atoms with E-state index in [9.17, 15) is 5.11 Å². The molecular formula is C10H17N3O. The average Bonchev–Trinajstić information content (AvgIpc) is 2.88. The van der Waals surface area contributed by atoms with E-state index in [1.807, 2.05) is 19.2 Å². The fraction of sp³-hybridized carbons (Fsp3) is 0.700. The molecular weight excluding hydrogens is 178 g/mol. The van der Waals surface area contributed by atoms with Crippen molar-refractivity contribution < 1.29 is 5.11 Å². The Morgan fingerprint density at radius 1 is 1.71 bits per heavy atom. The van der Waals surface area contributed by atoms with Crippen LogP contribution in [-0.2, 0) is 6.54 Å². The Hall–Kier alpha value is -0.870. The second kappa shape index (κ2) is 4.11. The van der Waals surface area contributed by atoms with Crippen LogP contribution in [0.3, 0.4) is 0 Å². The van der Waals surface area contributed by atoms with Crippen LogP contribution in [0.4, 0.5) is 0 Å². The first-order valence-corrected chi connectivity index (χ1v) is 5.15. The molecule has 1 fully saturated rings. The molecule has 1 unspecified atom stereocenters. The molecule has 1 saturated carbocycles. The summed E-state index contributed by atoms with van der Waals surface area (Å²) in [7, 11) is 0. The van der Waals surface area contributed by atoms with Gasteiger partial charge in [0.05, 0.1) is 18.3 Å². The van der Waals surface area contributed by atoms with Crippen molar-refractivity contribution in [1.29, 1.82) is 0 Å². The average molecular weight is 195 g/mol. The Bertz CT molecular complexity index is 293. The molecule has 1 aliphatic rings. The Kier molecular flexibility index (Phi) is 2.84. The largest absolute Gasteiger partial charge is 0.390 e. The van der Waals surface area contributed by atoms with Crippen molar-refractivity contribution in [3.8, 4) is 0 Å². The van der Waals surface area contributed by atoms with E-state index in [1.165, 1.54) is 12.8 Å². The molecule has 1 atom stereocenters. The van der Waals surface area contributed by atoms with Crippen LogP contribution in [-0.4, -0.2) is 33.6 Å². The maximum Gasteiger partial charge on any atom is 0.0860 e. The molecule has 0 radical (unpaired) electrons. The van der Waals surface area contributed by atoms with Gasteiger partial charge < -0.3 is 10.4 Å². The van der Waals surface area contributed by atoms with Gasteiger partial charge in [-0.1, -0.05) is 0 Å². The van der Waals surface area contributed by atoms with E-state index in [4.69, 9.17) is 0 Å². The maximum absolute atomic E-state index is 9.67. The summed E-state index contributed by atoms with van der Waals surface area (Å²) in [5.74, 6) is 0. The molecule has 2 N–H and O–H groups in total. The van der Waals surface area contributed by atoms with E-state index in [0.29, 0.717) is 19.1 Å². The first-order valence-electron chi connectivity index (χ1n) is 5.15. The minimum absolute atomic E-state index is 0.338. The Labute approximate surface area is 83.9 Å². The highest BCUT2D eigenvalue weighted by atomic mass is 16.3. The number of nitrogens with zero attached hydrogens (tertiary/aromatic N) is 2. The summed E-state index contributed by atoms with van der Waals surface area (Å²) < 4.78 is 1.79. The first-order chi connectivity index (χ1) is 6.74. The molecule has 0 spiro atoms. The number of hydrogen-bond acceptors (Lipinski definition) is 3. The molecule has 2 rings (SSSR count). The number of hydrogen-bond donors (Lipinski definition) is 2. The smallest absolute Gasteiger partial charge is 0.0860 e. The summed E-state index contributed by atoms with van der Waals surface area (Å²) in [5.41, 5.74) is 0.993. The van der Waals surface area contributed by atoms with Crippen LogP contribution < -0.4 is 5.32 Å². The molecule has 0 saturated heterocycles. The SMILES string of the molecule is Cc1ccn(CC(O)CNC2CC2)n1. The summed E-state index contributed by atoms with van der Waals surface area (Å²) in [5, 5.41) is 17.2. The van der Waals surface area contributed by atoms with Gasteiger partial charge in [0.15, 0.2) is 0 Å². The second-order valence-corrected chi connectivity index (χ2v) is 4.02. The van der Waals surface area contributed by atoms with Gasteiger partial charge in [-0.25, -0.2) is 0 Å². The van der Waals surface area contributed by atoms with Gasteiger partial charge in [0.1, 0.15) is 0 Å². The van der Waals surface area contributed by atoms with Gasteiger partial charge in [0.2, 0.25) is 0 Å². The fourth-order valence-corrected chi connectivity index (χ4v) is 1.44. The molecule has 1 heterocycles. The lowest BCUT2D eigenvalue weighted by Crippen LogP contribution is -2.31. The Balaban J connectivity index is 1.72. The monoisotopic (exact) mass is 195 g/mol. The maximum atomic E-state index is 9.67. The molecule has 1 aliphatic carbocycles. The van der Waals surface area contributed by atoms with Crippen molar-refractivity contribution in [2.24, 2.45) is 0 Å². The third-order valence-corrected chi connectivity index (χ3v) is 2.39. The van der Waals surface area contributed by atoms with Crippen LogP contribution in [0.25, 0.3) is 0 Å². The Morgan fingerprint density at radius 2 is 2.50 bits per heavy atom. The standard InChI is InChI=1S/C10H17N3O/c1-8-4-5-13(12-8)7-10(14)6-11-9-2-3-9/h4-5,9-11,14H,2-3,6-7H2,1H3. The number of aliphatic hydroxyl groups excluding tert-OH is 1. The number of aliphatic hydroxyl groups is 1. The molecule has 0 amide bonds. The first kappa shape index (κ1) is 9.68. The highest BCUT2D eigenvalue weighted by molar-refractivity contribution is 4.95. The summed E-state index contributed by atoms with van der Waals surface area (Å²) >= 11 is 0. The summed E-state index contributed by atoms with van der Waals surface area (Å²) in [6.07, 6.45) is 4.08. The van der Waals surface area contributed by atoms with E-state index < -0.39 is 0 Å². The van der Waals surface area contributed by atoms with Crippen LogP contribution in [0.2, 0.25) is 0 Å². The van der Waals surface area contributed by atoms with Crippen molar-refractivity contribution >= 4 is 0 Å². The third kappa shape index (κ3) is 2.82. The lowest BCUT2D eigenvalue weighted by atomic mass is 10.3. The van der Waals surface area contributed by atoms with Crippen LogP contribution in [0.1, 0.15) is 18.5 Å². The van der Waals surface area contributed by atoms with Crippen LogP contribution in [0.5, 0.6) is 0 Å². The lowest BCUT2D eigenvalue weighted by molar-refractivity contribution is 0.146. The predicted molar refractivity (Wildman–Crippen MR) is 54.0 cm³/mol. The Morgan fingerprint density at radius 3 is 3.07 bits per heavy atom. The minimum atomic E-state index is -0.338. The molecule has 0 bridgehead atoms. The number of nitrogens with one attached hydrogen (secondary N) is 1. The van der Waals surface area contributed by atoms with Crippen molar-refractivity contribution in [3.05, 3.63) is 18.0 Å². The number of aryl methyl sites for hydroxylation is 1. The number of rotatable bonds is 5. The minimum Gasteiger partial charge on any atom is -0.390 e. The van der Waals surface area contributed by atoms with Crippen molar-refractivity contribution in [3.63, 3.8) is 0 Å². The van der Waals surface area contributed by atoms with Gasteiger partial charge in [-0.3, -0.25) is 4.68 Å². The zero-order valence-corrected chi connectivity index (χ0v) is 8.48. The molecule has 78 valence electrons. The van der Waals surface area contributed by atoms with E-state index in [-0.39, 0.29) is 6.10 Å². The number of aromatic nitrogens is 2. The van der Waals surface area contributed by atoms with E-state index in [2.05, 4.69) is 10.4 Å². The quantitative estimate of drug-likeness (QED) is 0.710. The van der Waals surface area contributed by atoms with Crippen LogP contribution in [0.15, 0.2) is 12.3 Å². The highest BCUT2D eigenvalue weighted by Crippen LogP contribution is 2.18. The molecule has 4 nitrogen and oxygen atoms in total. The molecule has 0 aliphatic heterocycles. The van der Waals surface area contributed by atoms with Gasteiger partial charge in [0, 0.05) is 18.8 Å². The lowest BCUT2D eigenvalue weighted by Gasteiger charge is -2.11. The van der Waals surface area contributed by atoms with Crippen molar-refractivity contribution in [1.82, 2.24) is 15.1 Å². The summed E-state index contributed by atoms with van der Waals surface area (Å²) in [4.78, 5) is 0. The zero-order chi connectivity index (χ0) is 9.97. The molecule has 4 heteroatoms. The van der Waals surface area contributed by atoms with Crippen molar-refractivity contribution in [2.75, 3.05) is 6.54 Å². The van der Waals surface area contributed by atoms with Crippen LogP contribution >= 0.6 is 0 Å². The third-order valence-electron chi connectivity index (χ3n) is 2.39. The van der Waals surface area contributed by atoms with Gasteiger partial charge in [-0.05, 0) is 25.8 Å². The molecule has 14 heavy (non-hydrogen) atoms. The van der Waals surface area contributed by atoms with E-state index in [0.717, 1.165) is 5.69 Å². The molecule has 0 aromatic carbocycles. The summed E-state index contributed by atoms with van der Waals surface area (Å²) in [6.45, 7) is 3.20. The normalized spacial score (nSPS) is 18.4. The van der Waals surface area contributed by atoms with E-state index in [1.54, 1.807) is 4.68 Å². The van der Waals surface area contributed by atoms with Gasteiger partial charge in [-0.15, -0.1) is 0 Å². The van der Waals surface area contributed by atoms with Gasteiger partial charge >= 0.3 is 0 Å². The summed E-state index contributed by atoms with van der Waals surface area (Å²) in [6, 6.07) is 2.60. The topological polar surface area (TPSA) is 50.1 Å². The second-order valence-electron chi connectivity index (χ2n) is 4.02. The zero-order valence-electron chi connectivity index (χ0n) is 8.48. The molecule has 1 aromatic rings. The predicted octanol–water partition coefficient (Wildman–Crippen LogP) is 0.304. The van der Waals surface area contributed by atoms with E-state index >= 15 is 0 Å². The van der Waals surface area contributed by atoms with Gasteiger partial charge in [-0.2, -0.15) is 5.10 Å². The molecule has 1 aromatic heterocycles. The van der Waals surface area contributed by atoms with Crippen LogP contribution in [0, 0.1) is 6.92 Å².